The van der Waals surface area contributed by atoms with Crippen molar-refractivity contribution in [1.82, 2.24) is 0 Å². The van der Waals surface area contributed by atoms with Crippen molar-refractivity contribution >= 4 is 31.1 Å². The zero-order valence-corrected chi connectivity index (χ0v) is 20.3. The van der Waals surface area contributed by atoms with Crippen molar-refractivity contribution in [2.24, 2.45) is 4.99 Å². The van der Waals surface area contributed by atoms with E-state index in [1.54, 1.807) is 11.8 Å². The molecule has 1 aliphatic heterocycles. The summed E-state index contributed by atoms with van der Waals surface area (Å²) in [6.07, 6.45) is -0.357. The summed E-state index contributed by atoms with van der Waals surface area (Å²) in [6, 6.07) is -0.623. The van der Waals surface area contributed by atoms with Crippen molar-refractivity contribution in [3.05, 3.63) is 11.1 Å². The minimum Gasteiger partial charge on any atom is -0.458 e. The molecule has 0 aromatic carbocycles. The topological polar surface area (TPSA) is 47.9 Å². The summed E-state index contributed by atoms with van der Waals surface area (Å²) in [5.74, 6) is 0.607. The van der Waals surface area contributed by atoms with E-state index in [0.717, 1.165) is 21.9 Å². The minimum atomic E-state index is -2.08. The molecule has 0 saturated heterocycles. The van der Waals surface area contributed by atoms with Gasteiger partial charge in [-0.25, -0.2) is 4.79 Å². The molecule has 0 bridgehead atoms. The molecule has 0 aromatic rings. The number of hydrogen-bond acceptors (Lipinski definition) is 5. The first-order valence-corrected chi connectivity index (χ1v) is 13.3. The lowest BCUT2D eigenvalue weighted by Crippen LogP contribution is -2.48. The van der Waals surface area contributed by atoms with Crippen molar-refractivity contribution in [2.75, 3.05) is 5.75 Å². The number of carbonyl (C=O) groups excluding carboxylic acids is 1. The first-order chi connectivity index (χ1) is 11.6. The molecular weight excluding hydrogens is 362 g/mol. The van der Waals surface area contributed by atoms with Crippen LogP contribution >= 0.6 is 11.8 Å². The molecule has 26 heavy (non-hydrogen) atoms. The van der Waals surface area contributed by atoms with Gasteiger partial charge in [-0.1, -0.05) is 33.3 Å². The SMILES string of the molecule is CCSC1=N[C@H](C(=O)OC(C)(C)C)[C@H](O[Si](C)(C)C(C)(C)C)C1=C(C)C. The fourth-order valence-electron chi connectivity index (χ4n) is 2.45. The Kier molecular flexibility index (Phi) is 7.39. The van der Waals surface area contributed by atoms with Crippen LogP contribution in [-0.2, 0) is 14.0 Å². The number of nitrogens with zero attached hydrogens (tertiary/aromatic N) is 1. The van der Waals surface area contributed by atoms with Gasteiger partial charge in [0.1, 0.15) is 11.7 Å². The predicted molar refractivity (Wildman–Crippen MR) is 116 cm³/mol. The molecule has 0 amide bonds. The quantitative estimate of drug-likeness (QED) is 0.457. The number of hydrogen-bond donors (Lipinski definition) is 0. The van der Waals surface area contributed by atoms with E-state index in [2.05, 4.69) is 54.6 Å². The molecule has 6 heteroatoms. The van der Waals surface area contributed by atoms with Crippen LogP contribution in [0, 0.1) is 0 Å². The summed E-state index contributed by atoms with van der Waals surface area (Å²) < 4.78 is 12.4. The van der Waals surface area contributed by atoms with Crippen molar-refractivity contribution in [3.8, 4) is 0 Å². The van der Waals surface area contributed by atoms with E-state index in [4.69, 9.17) is 14.2 Å². The highest BCUT2D eigenvalue weighted by atomic mass is 32.2. The fraction of sp³-hybridized carbons (Fsp3) is 0.800. The maximum Gasteiger partial charge on any atom is 0.334 e. The first-order valence-electron chi connectivity index (χ1n) is 9.39. The van der Waals surface area contributed by atoms with Crippen molar-refractivity contribution in [2.45, 2.75) is 98.2 Å². The summed E-state index contributed by atoms with van der Waals surface area (Å²) >= 11 is 1.67. The summed E-state index contributed by atoms with van der Waals surface area (Å²) in [4.78, 5) is 17.7. The molecule has 0 spiro atoms. The number of ether oxygens (including phenoxy) is 1. The summed E-state index contributed by atoms with van der Waals surface area (Å²) in [6.45, 7) is 23.0. The molecule has 0 unspecified atom stereocenters. The third-order valence-electron chi connectivity index (χ3n) is 4.75. The van der Waals surface area contributed by atoms with E-state index in [1.807, 2.05) is 20.8 Å². The largest absolute Gasteiger partial charge is 0.458 e. The lowest BCUT2D eigenvalue weighted by Gasteiger charge is -2.40. The van der Waals surface area contributed by atoms with Crippen LogP contribution in [0.2, 0.25) is 18.1 Å². The smallest absolute Gasteiger partial charge is 0.334 e. The van der Waals surface area contributed by atoms with Crippen LogP contribution in [0.5, 0.6) is 0 Å². The Hall–Kier alpha value is -0.593. The van der Waals surface area contributed by atoms with Crippen LogP contribution in [0.4, 0.5) is 0 Å². The molecule has 2 atom stereocenters. The van der Waals surface area contributed by atoms with E-state index < -0.39 is 20.0 Å². The van der Waals surface area contributed by atoms with E-state index in [0.29, 0.717) is 0 Å². The lowest BCUT2D eigenvalue weighted by atomic mass is 10.0. The Labute approximate surface area is 165 Å². The first kappa shape index (κ1) is 23.4. The van der Waals surface area contributed by atoms with Crippen molar-refractivity contribution in [1.29, 1.82) is 0 Å². The summed E-state index contributed by atoms with van der Waals surface area (Å²) in [5, 5.41) is 0.978. The van der Waals surface area contributed by atoms with Crippen LogP contribution in [0.25, 0.3) is 0 Å². The van der Waals surface area contributed by atoms with Gasteiger partial charge in [0.25, 0.3) is 0 Å². The van der Waals surface area contributed by atoms with Crippen LogP contribution in [-0.4, -0.2) is 42.8 Å². The fourth-order valence-corrected chi connectivity index (χ4v) is 4.62. The molecule has 0 fully saturated rings. The maximum absolute atomic E-state index is 12.9. The third kappa shape index (κ3) is 5.70. The summed E-state index contributed by atoms with van der Waals surface area (Å²) in [7, 11) is -2.08. The van der Waals surface area contributed by atoms with E-state index in [-0.39, 0.29) is 17.1 Å². The van der Waals surface area contributed by atoms with Gasteiger partial charge in [0.2, 0.25) is 0 Å². The zero-order chi connectivity index (χ0) is 20.5. The summed E-state index contributed by atoms with van der Waals surface area (Å²) in [5.41, 5.74) is 1.68. The Morgan fingerprint density at radius 1 is 1.15 bits per heavy atom. The van der Waals surface area contributed by atoms with Crippen molar-refractivity contribution < 1.29 is 14.0 Å². The average molecular weight is 400 g/mol. The Balaban J connectivity index is 3.34. The average Bonchev–Trinajstić information content (AvgIpc) is 2.73. The molecule has 0 saturated carbocycles. The highest BCUT2D eigenvalue weighted by Gasteiger charge is 2.48. The van der Waals surface area contributed by atoms with Gasteiger partial charge in [0.15, 0.2) is 14.4 Å². The third-order valence-corrected chi connectivity index (χ3v) is 10.1. The molecule has 0 aliphatic carbocycles. The Morgan fingerprint density at radius 3 is 2.08 bits per heavy atom. The van der Waals surface area contributed by atoms with Gasteiger partial charge in [0.05, 0.1) is 5.04 Å². The van der Waals surface area contributed by atoms with E-state index >= 15 is 0 Å². The second-order valence-electron chi connectivity index (χ2n) is 9.56. The highest BCUT2D eigenvalue weighted by molar-refractivity contribution is 8.14. The maximum atomic E-state index is 12.9. The number of rotatable bonds is 4. The van der Waals surface area contributed by atoms with Gasteiger partial charge in [-0.2, -0.15) is 0 Å². The molecule has 0 aromatic heterocycles. The van der Waals surface area contributed by atoms with Gasteiger partial charge in [-0.05, 0) is 58.5 Å². The van der Waals surface area contributed by atoms with Gasteiger partial charge >= 0.3 is 5.97 Å². The molecule has 0 N–H and O–H groups in total. The monoisotopic (exact) mass is 399 g/mol. The molecule has 1 aliphatic rings. The number of esters is 1. The number of carbonyl (C=O) groups is 1. The van der Waals surface area contributed by atoms with Gasteiger partial charge < -0.3 is 9.16 Å². The molecule has 150 valence electrons. The van der Waals surface area contributed by atoms with E-state index in [1.165, 1.54) is 0 Å². The number of allylic oxidation sites excluding steroid dienone is 1. The molecule has 1 heterocycles. The van der Waals surface area contributed by atoms with E-state index in [9.17, 15) is 4.79 Å². The molecule has 4 nitrogen and oxygen atoms in total. The van der Waals surface area contributed by atoms with Gasteiger partial charge in [-0.15, -0.1) is 11.8 Å². The standard InChI is InChI=1S/C20H37NO3SSi/c1-12-25-17-14(13(2)3)16(24-26(10,11)20(7,8)9)15(21-17)18(22)23-19(4,5)6/h15-16H,12H2,1-11H3/t15-,16+/m0/s1. The Bertz CT molecular complexity index is 593. The lowest BCUT2D eigenvalue weighted by molar-refractivity contribution is -0.158. The Morgan fingerprint density at radius 2 is 1.69 bits per heavy atom. The van der Waals surface area contributed by atoms with Crippen LogP contribution < -0.4 is 0 Å². The van der Waals surface area contributed by atoms with Crippen LogP contribution in [0.3, 0.4) is 0 Å². The molecular formula is C20H37NO3SSi. The van der Waals surface area contributed by atoms with Crippen LogP contribution in [0.1, 0.15) is 62.3 Å². The van der Waals surface area contributed by atoms with Gasteiger partial charge in [-0.3, -0.25) is 4.99 Å². The van der Waals surface area contributed by atoms with Crippen LogP contribution in [0.15, 0.2) is 16.1 Å². The number of thioether (sulfide) groups is 1. The van der Waals surface area contributed by atoms with Gasteiger partial charge in [0, 0.05) is 5.57 Å². The highest BCUT2D eigenvalue weighted by Crippen LogP contribution is 2.41. The second-order valence-corrected chi connectivity index (χ2v) is 15.6. The minimum absolute atomic E-state index is 0.0545. The normalized spacial score (nSPS) is 21.7. The number of aliphatic imine (C=N–C) groups is 1. The van der Waals surface area contributed by atoms with Crippen molar-refractivity contribution in [3.63, 3.8) is 0 Å². The molecule has 0 radical (unpaired) electrons. The molecule has 1 rings (SSSR count). The predicted octanol–water partition coefficient (Wildman–Crippen LogP) is 5.59. The zero-order valence-electron chi connectivity index (χ0n) is 18.4. The second kappa shape index (κ2) is 8.19.